The van der Waals surface area contributed by atoms with Gasteiger partial charge in [-0.15, -0.1) is 0 Å². The van der Waals surface area contributed by atoms with Crippen LogP contribution in [0.3, 0.4) is 0 Å². The van der Waals surface area contributed by atoms with Crippen molar-refractivity contribution in [3.05, 3.63) is 57.5 Å². The van der Waals surface area contributed by atoms with Gasteiger partial charge in [-0.3, -0.25) is 0 Å². The molecule has 1 aliphatic heterocycles. The van der Waals surface area contributed by atoms with Crippen molar-refractivity contribution in [1.29, 1.82) is 0 Å². The topological polar surface area (TPSA) is 42.6 Å². The van der Waals surface area contributed by atoms with E-state index in [9.17, 15) is 5.11 Å². The zero-order valence-electron chi connectivity index (χ0n) is 11.5. The first kappa shape index (κ1) is 12.5. The van der Waals surface area contributed by atoms with Crippen LogP contribution in [-0.2, 0) is 18.0 Å². The minimum atomic E-state index is -0.636. The van der Waals surface area contributed by atoms with E-state index in [1.165, 1.54) is 11.1 Å². The number of hydrogen-bond acceptors (Lipinski definition) is 3. The number of aliphatic hydroxyl groups is 1. The summed E-state index contributed by atoms with van der Waals surface area (Å²) in [4.78, 5) is 0. The molecule has 1 N–H and O–H groups in total. The molecule has 0 saturated carbocycles. The highest BCUT2D eigenvalue weighted by atomic mass is 16.5. The Hall–Kier alpha value is -1.58. The largest absolute Gasteiger partial charge is 0.466 e. The zero-order chi connectivity index (χ0) is 13.6. The molecule has 0 amide bonds. The number of rotatable bonds is 2. The molecule has 1 aliphatic rings. The third kappa shape index (κ3) is 1.99. The molecule has 0 aliphatic carbocycles. The Bertz CT molecular complexity index is 625. The average molecular weight is 258 g/mol. The van der Waals surface area contributed by atoms with Gasteiger partial charge in [0.15, 0.2) is 0 Å². The maximum Gasteiger partial charge on any atom is 0.108 e. The van der Waals surface area contributed by atoms with Crippen LogP contribution in [0.15, 0.2) is 22.6 Å². The summed E-state index contributed by atoms with van der Waals surface area (Å²) >= 11 is 0. The van der Waals surface area contributed by atoms with E-state index in [4.69, 9.17) is 9.15 Å². The van der Waals surface area contributed by atoms with E-state index >= 15 is 0 Å². The van der Waals surface area contributed by atoms with Gasteiger partial charge in [-0.25, -0.2) is 0 Å². The lowest BCUT2D eigenvalue weighted by atomic mass is 9.95. The van der Waals surface area contributed by atoms with Gasteiger partial charge < -0.3 is 14.3 Å². The summed E-state index contributed by atoms with van der Waals surface area (Å²) < 4.78 is 11.0. The summed E-state index contributed by atoms with van der Waals surface area (Å²) in [7, 11) is 0. The molecular formula is C16H18O3. The molecular weight excluding hydrogens is 240 g/mol. The Balaban J connectivity index is 2.02. The van der Waals surface area contributed by atoms with Gasteiger partial charge in [0, 0.05) is 5.56 Å². The molecule has 0 spiro atoms. The van der Waals surface area contributed by atoms with Crippen LogP contribution in [0, 0.1) is 20.8 Å². The summed E-state index contributed by atoms with van der Waals surface area (Å²) in [6.45, 7) is 7.12. The van der Waals surface area contributed by atoms with Crippen LogP contribution in [0.25, 0.3) is 0 Å². The molecule has 0 fully saturated rings. The molecule has 0 saturated heterocycles. The highest BCUT2D eigenvalue weighted by Gasteiger charge is 2.22. The number of hydrogen-bond donors (Lipinski definition) is 1. The number of ether oxygens (including phenoxy) is 1. The van der Waals surface area contributed by atoms with Crippen LogP contribution in [0.4, 0.5) is 0 Å². The highest BCUT2D eigenvalue weighted by molar-refractivity contribution is 5.42. The van der Waals surface area contributed by atoms with E-state index in [1.807, 2.05) is 39.0 Å². The van der Waals surface area contributed by atoms with E-state index in [0.29, 0.717) is 13.2 Å². The predicted octanol–water partition coefficient (Wildman–Crippen LogP) is 3.32. The van der Waals surface area contributed by atoms with Crippen LogP contribution < -0.4 is 0 Å². The Morgan fingerprint density at radius 3 is 2.47 bits per heavy atom. The van der Waals surface area contributed by atoms with E-state index < -0.39 is 6.10 Å². The summed E-state index contributed by atoms with van der Waals surface area (Å²) in [5.41, 5.74) is 5.20. The van der Waals surface area contributed by atoms with Crippen molar-refractivity contribution in [2.45, 2.75) is 40.1 Å². The maximum absolute atomic E-state index is 10.6. The molecule has 1 unspecified atom stereocenters. The van der Waals surface area contributed by atoms with Crippen LogP contribution >= 0.6 is 0 Å². The maximum atomic E-state index is 10.6. The summed E-state index contributed by atoms with van der Waals surface area (Å²) in [6, 6.07) is 6.05. The molecule has 3 nitrogen and oxygen atoms in total. The molecule has 3 rings (SSSR count). The molecule has 1 aromatic heterocycles. The number of furan rings is 1. The van der Waals surface area contributed by atoms with E-state index in [-0.39, 0.29) is 0 Å². The quantitative estimate of drug-likeness (QED) is 0.898. The molecule has 0 radical (unpaired) electrons. The Kier molecular flexibility index (Phi) is 2.96. The van der Waals surface area contributed by atoms with Crippen molar-refractivity contribution in [2.24, 2.45) is 0 Å². The minimum Gasteiger partial charge on any atom is -0.466 e. The lowest BCUT2D eigenvalue weighted by Gasteiger charge is -2.13. The van der Waals surface area contributed by atoms with Gasteiger partial charge in [-0.1, -0.05) is 18.2 Å². The molecule has 3 heteroatoms. The molecule has 100 valence electrons. The second kappa shape index (κ2) is 4.51. The predicted molar refractivity (Wildman–Crippen MR) is 71.9 cm³/mol. The molecule has 1 aromatic carbocycles. The highest BCUT2D eigenvalue weighted by Crippen LogP contribution is 2.33. The number of aryl methyl sites for hydroxylation is 2. The molecule has 0 bridgehead atoms. The fourth-order valence-corrected chi connectivity index (χ4v) is 2.74. The van der Waals surface area contributed by atoms with Crippen molar-refractivity contribution < 1.29 is 14.3 Å². The van der Waals surface area contributed by atoms with E-state index in [2.05, 4.69) is 0 Å². The van der Waals surface area contributed by atoms with Crippen LogP contribution in [-0.4, -0.2) is 5.11 Å². The lowest BCUT2D eigenvalue weighted by molar-refractivity contribution is 0.134. The van der Waals surface area contributed by atoms with Gasteiger partial charge in [-0.2, -0.15) is 0 Å². The van der Waals surface area contributed by atoms with Crippen molar-refractivity contribution >= 4 is 0 Å². The summed E-state index contributed by atoms with van der Waals surface area (Å²) in [5, 5.41) is 10.6. The van der Waals surface area contributed by atoms with Crippen molar-refractivity contribution in [3.63, 3.8) is 0 Å². The lowest BCUT2D eigenvalue weighted by Crippen LogP contribution is -2.03. The number of benzene rings is 1. The Morgan fingerprint density at radius 2 is 1.79 bits per heavy atom. The first-order valence-electron chi connectivity index (χ1n) is 6.52. The zero-order valence-corrected chi connectivity index (χ0v) is 11.5. The first-order chi connectivity index (χ1) is 9.08. The summed E-state index contributed by atoms with van der Waals surface area (Å²) in [5.74, 6) is 1.66. The van der Waals surface area contributed by atoms with E-state index in [0.717, 1.165) is 28.2 Å². The van der Waals surface area contributed by atoms with Crippen molar-refractivity contribution in [3.8, 4) is 0 Å². The normalized spacial score (nSPS) is 15.6. The van der Waals surface area contributed by atoms with Crippen LogP contribution in [0.1, 0.15) is 45.4 Å². The van der Waals surface area contributed by atoms with Gasteiger partial charge in [0.2, 0.25) is 0 Å². The molecule has 1 atom stereocenters. The van der Waals surface area contributed by atoms with Crippen molar-refractivity contribution in [1.82, 2.24) is 0 Å². The van der Waals surface area contributed by atoms with Crippen molar-refractivity contribution in [2.75, 3.05) is 0 Å². The minimum absolute atomic E-state index is 0.636. The summed E-state index contributed by atoms with van der Waals surface area (Å²) in [6.07, 6.45) is -0.636. The van der Waals surface area contributed by atoms with Crippen LogP contribution in [0.2, 0.25) is 0 Å². The first-order valence-corrected chi connectivity index (χ1v) is 6.52. The Morgan fingerprint density at radius 1 is 1.05 bits per heavy atom. The SMILES string of the molecule is Cc1oc(C)c(C(O)c2ccc3c(c2)COC3)c1C. The Labute approximate surface area is 112 Å². The second-order valence-electron chi connectivity index (χ2n) is 5.18. The number of aliphatic hydroxyl groups excluding tert-OH is 1. The third-order valence-corrected chi connectivity index (χ3v) is 3.95. The standard InChI is InChI=1S/C16H18O3/c1-9-10(2)19-11(3)15(9)16(17)12-4-5-13-7-18-8-14(13)6-12/h4-6,16-17H,7-8H2,1-3H3. The number of fused-ring (bicyclic) bond motifs is 1. The average Bonchev–Trinajstić information content (AvgIpc) is 2.94. The third-order valence-electron chi connectivity index (χ3n) is 3.95. The van der Waals surface area contributed by atoms with E-state index in [1.54, 1.807) is 0 Å². The smallest absolute Gasteiger partial charge is 0.108 e. The molecule has 2 aromatic rings. The van der Waals surface area contributed by atoms with Gasteiger partial charge in [-0.05, 0) is 43.0 Å². The van der Waals surface area contributed by atoms with Crippen LogP contribution in [0.5, 0.6) is 0 Å². The van der Waals surface area contributed by atoms with Gasteiger partial charge in [0.1, 0.15) is 17.6 Å². The monoisotopic (exact) mass is 258 g/mol. The van der Waals surface area contributed by atoms with Gasteiger partial charge >= 0.3 is 0 Å². The second-order valence-corrected chi connectivity index (χ2v) is 5.18. The van der Waals surface area contributed by atoms with Gasteiger partial charge in [0.05, 0.1) is 13.2 Å². The fourth-order valence-electron chi connectivity index (χ4n) is 2.74. The fraction of sp³-hybridized carbons (Fsp3) is 0.375. The molecule has 2 heterocycles. The molecule has 19 heavy (non-hydrogen) atoms. The van der Waals surface area contributed by atoms with Gasteiger partial charge in [0.25, 0.3) is 0 Å².